The third kappa shape index (κ3) is 2.17. The van der Waals surface area contributed by atoms with Gasteiger partial charge in [-0.15, -0.1) is 10.2 Å². The van der Waals surface area contributed by atoms with Crippen molar-refractivity contribution in [2.45, 2.75) is 0 Å². The van der Waals surface area contributed by atoms with Crippen LogP contribution in [0.4, 0.5) is 11.4 Å². The van der Waals surface area contributed by atoms with Crippen LogP contribution in [0.3, 0.4) is 0 Å². The molecule has 2 aromatic heterocycles. The second kappa shape index (κ2) is 5.34. The number of pyridine rings is 1. The predicted molar refractivity (Wildman–Crippen MR) is 89.2 cm³/mol. The second-order valence-electron chi connectivity index (χ2n) is 5.33. The fourth-order valence-electron chi connectivity index (χ4n) is 2.93. The summed E-state index contributed by atoms with van der Waals surface area (Å²) in [6.07, 6.45) is 1.35. The molecule has 9 heteroatoms. The topological polar surface area (TPSA) is 116 Å². The quantitative estimate of drug-likeness (QED) is 0.418. The number of aromatic nitrogens is 3. The molecule has 2 heterocycles. The Labute approximate surface area is 139 Å². The smallest absolute Gasteiger partial charge is 0.276 e. The van der Waals surface area contributed by atoms with Crippen LogP contribution < -0.4 is 0 Å². The van der Waals surface area contributed by atoms with Crippen molar-refractivity contribution in [3.63, 3.8) is 0 Å². The van der Waals surface area contributed by atoms with Crippen LogP contribution in [0.25, 0.3) is 27.7 Å². The Morgan fingerprint density at radius 2 is 1.72 bits per heavy atom. The molecule has 0 aliphatic rings. The van der Waals surface area contributed by atoms with Gasteiger partial charge in [-0.05, 0) is 11.6 Å². The molecule has 0 atom stereocenters. The predicted octanol–water partition coefficient (Wildman–Crippen LogP) is 3.37. The number of hydrogen-bond donors (Lipinski definition) is 0. The number of fused-ring (bicyclic) bond motifs is 3. The largest absolute Gasteiger partial charge is 0.322 e. The van der Waals surface area contributed by atoms with E-state index in [-0.39, 0.29) is 22.6 Å². The third-order valence-electron chi connectivity index (χ3n) is 3.96. The molecule has 0 saturated heterocycles. The SMILES string of the molecule is O=[N+]([O-])c1ccc2c(c1)c(-c1ccccc1)c([N+](=O)[O-])c1nncn12. The molecule has 0 spiro atoms. The molecule has 0 saturated carbocycles. The van der Waals surface area contributed by atoms with Crippen LogP contribution in [0.5, 0.6) is 0 Å². The van der Waals surface area contributed by atoms with Gasteiger partial charge in [0.15, 0.2) is 0 Å². The van der Waals surface area contributed by atoms with Crippen molar-refractivity contribution in [3.8, 4) is 11.1 Å². The third-order valence-corrected chi connectivity index (χ3v) is 3.96. The molecule has 0 unspecified atom stereocenters. The Balaban J connectivity index is 2.27. The first-order valence-electron chi connectivity index (χ1n) is 7.21. The zero-order chi connectivity index (χ0) is 17.6. The standard InChI is InChI=1S/C16H9N5O4/c22-20(23)11-6-7-13-12(8-11)14(10-4-2-1-3-5-10)15(21(24)25)16-18-17-9-19(13)16/h1-9H. The van der Waals surface area contributed by atoms with Crippen LogP contribution in [0.15, 0.2) is 54.9 Å². The van der Waals surface area contributed by atoms with Gasteiger partial charge in [-0.25, -0.2) is 0 Å². The summed E-state index contributed by atoms with van der Waals surface area (Å²) >= 11 is 0. The highest BCUT2D eigenvalue weighted by Gasteiger charge is 2.27. The maximum absolute atomic E-state index is 11.8. The summed E-state index contributed by atoms with van der Waals surface area (Å²) in [5.41, 5.74) is 1.11. The highest BCUT2D eigenvalue weighted by atomic mass is 16.6. The number of nitrogens with zero attached hydrogens (tertiary/aromatic N) is 5. The average molecular weight is 335 g/mol. The van der Waals surface area contributed by atoms with E-state index in [9.17, 15) is 20.2 Å². The van der Waals surface area contributed by atoms with Gasteiger partial charge in [0.2, 0.25) is 5.65 Å². The Kier molecular flexibility index (Phi) is 3.14. The van der Waals surface area contributed by atoms with Gasteiger partial charge in [-0.1, -0.05) is 30.3 Å². The molecule has 2 aromatic carbocycles. The van der Waals surface area contributed by atoms with Crippen LogP contribution in [-0.2, 0) is 0 Å². The van der Waals surface area contributed by atoms with Gasteiger partial charge in [-0.2, -0.15) is 0 Å². The summed E-state index contributed by atoms with van der Waals surface area (Å²) in [7, 11) is 0. The van der Waals surface area contributed by atoms with Crippen molar-refractivity contribution in [1.29, 1.82) is 0 Å². The van der Waals surface area contributed by atoms with E-state index >= 15 is 0 Å². The summed E-state index contributed by atoms with van der Waals surface area (Å²) in [6, 6.07) is 12.9. The molecule has 122 valence electrons. The van der Waals surface area contributed by atoms with Gasteiger partial charge >= 0.3 is 5.69 Å². The Morgan fingerprint density at radius 3 is 2.40 bits per heavy atom. The van der Waals surface area contributed by atoms with Crippen molar-refractivity contribution in [1.82, 2.24) is 14.6 Å². The Hall–Kier alpha value is -3.88. The van der Waals surface area contributed by atoms with E-state index in [0.717, 1.165) is 0 Å². The lowest BCUT2D eigenvalue weighted by atomic mass is 9.98. The first-order chi connectivity index (χ1) is 12.1. The molecular formula is C16H9N5O4. The number of nitro groups is 2. The van der Waals surface area contributed by atoms with E-state index in [1.165, 1.54) is 22.9 Å². The van der Waals surface area contributed by atoms with Crippen molar-refractivity contribution in [3.05, 3.63) is 75.1 Å². The maximum atomic E-state index is 11.8. The van der Waals surface area contributed by atoms with Gasteiger partial charge in [0.1, 0.15) is 6.33 Å². The number of rotatable bonds is 3. The van der Waals surface area contributed by atoms with Crippen molar-refractivity contribution in [2.75, 3.05) is 0 Å². The summed E-state index contributed by atoms with van der Waals surface area (Å²) in [5, 5.41) is 30.9. The molecule has 0 aliphatic carbocycles. The number of hydrogen-bond acceptors (Lipinski definition) is 6. The first-order valence-corrected chi connectivity index (χ1v) is 7.21. The molecule has 0 fully saturated rings. The molecule has 0 aliphatic heterocycles. The first kappa shape index (κ1) is 14.7. The number of benzene rings is 2. The molecular weight excluding hydrogens is 326 g/mol. The van der Waals surface area contributed by atoms with Gasteiger partial charge in [0.05, 0.1) is 20.9 Å². The van der Waals surface area contributed by atoms with Gasteiger partial charge in [-0.3, -0.25) is 24.6 Å². The number of non-ortho nitro benzene ring substituents is 1. The van der Waals surface area contributed by atoms with Gasteiger partial charge in [0, 0.05) is 17.5 Å². The van der Waals surface area contributed by atoms with Gasteiger partial charge < -0.3 is 0 Å². The summed E-state index contributed by atoms with van der Waals surface area (Å²) < 4.78 is 1.46. The highest BCUT2D eigenvalue weighted by molar-refractivity contribution is 6.04. The van der Waals surface area contributed by atoms with Crippen LogP contribution in [0, 0.1) is 20.2 Å². The lowest BCUT2D eigenvalue weighted by Crippen LogP contribution is -2.00. The van der Waals surface area contributed by atoms with E-state index in [2.05, 4.69) is 10.2 Å². The van der Waals surface area contributed by atoms with E-state index < -0.39 is 9.85 Å². The fraction of sp³-hybridized carbons (Fsp3) is 0. The van der Waals surface area contributed by atoms with Crippen LogP contribution >= 0.6 is 0 Å². The molecule has 4 rings (SSSR count). The van der Waals surface area contributed by atoms with Crippen molar-refractivity contribution >= 4 is 27.9 Å². The zero-order valence-corrected chi connectivity index (χ0v) is 12.6. The van der Waals surface area contributed by atoms with E-state index in [0.29, 0.717) is 16.5 Å². The zero-order valence-electron chi connectivity index (χ0n) is 12.6. The minimum Gasteiger partial charge on any atom is -0.276 e. The minimum absolute atomic E-state index is 0.0882. The van der Waals surface area contributed by atoms with Crippen molar-refractivity contribution < 1.29 is 9.85 Å². The van der Waals surface area contributed by atoms with Crippen LogP contribution in [0.2, 0.25) is 0 Å². The lowest BCUT2D eigenvalue weighted by molar-refractivity contribution is -0.384. The van der Waals surface area contributed by atoms with Crippen LogP contribution in [-0.4, -0.2) is 24.4 Å². The Bertz CT molecular complexity index is 1150. The summed E-state index contributed by atoms with van der Waals surface area (Å²) in [4.78, 5) is 21.9. The fourth-order valence-corrected chi connectivity index (χ4v) is 2.93. The van der Waals surface area contributed by atoms with Crippen molar-refractivity contribution in [2.24, 2.45) is 0 Å². The highest BCUT2D eigenvalue weighted by Crippen LogP contribution is 2.40. The molecule has 0 bridgehead atoms. The molecule has 0 N–H and O–H groups in total. The minimum atomic E-state index is -0.537. The molecule has 4 aromatic rings. The average Bonchev–Trinajstić information content (AvgIpc) is 3.09. The molecule has 0 radical (unpaired) electrons. The van der Waals surface area contributed by atoms with E-state index in [1.807, 2.05) is 0 Å². The molecule has 0 amide bonds. The maximum Gasteiger partial charge on any atom is 0.322 e. The monoisotopic (exact) mass is 335 g/mol. The summed E-state index contributed by atoms with van der Waals surface area (Å²) in [5.74, 6) is 0. The van der Waals surface area contributed by atoms with E-state index in [4.69, 9.17) is 0 Å². The Morgan fingerprint density at radius 1 is 0.960 bits per heavy atom. The molecule has 9 nitrogen and oxygen atoms in total. The summed E-state index contributed by atoms with van der Waals surface area (Å²) in [6.45, 7) is 0. The van der Waals surface area contributed by atoms with E-state index in [1.54, 1.807) is 36.4 Å². The molecule has 25 heavy (non-hydrogen) atoms. The van der Waals surface area contributed by atoms with Gasteiger partial charge in [0.25, 0.3) is 5.69 Å². The lowest BCUT2D eigenvalue weighted by Gasteiger charge is -2.10. The number of nitro benzene ring substituents is 1. The normalized spacial score (nSPS) is 11.0. The second-order valence-corrected chi connectivity index (χ2v) is 5.33. The van der Waals surface area contributed by atoms with Crippen LogP contribution in [0.1, 0.15) is 0 Å².